The lowest BCUT2D eigenvalue weighted by molar-refractivity contribution is -0.0204. The quantitative estimate of drug-likeness (QED) is 0.209. The second-order valence-corrected chi connectivity index (χ2v) is 7.28. The van der Waals surface area contributed by atoms with Crippen molar-refractivity contribution in [2.24, 2.45) is 16.5 Å². The lowest BCUT2D eigenvalue weighted by atomic mass is 10.1. The highest BCUT2D eigenvalue weighted by Crippen LogP contribution is 2.26. The maximum Gasteiger partial charge on any atom is 0.266 e. The Hall–Kier alpha value is -3.67. The molecule has 0 aliphatic carbocycles. The number of hydrogen-bond donors (Lipinski definition) is 4. The second-order valence-electron chi connectivity index (χ2n) is 7.28. The summed E-state index contributed by atoms with van der Waals surface area (Å²) in [6, 6.07) is -0.483. The molecule has 1 aromatic rings. The molecule has 1 unspecified atom stereocenters. The average Bonchev–Trinajstić information content (AvgIpc) is 2.92. The summed E-state index contributed by atoms with van der Waals surface area (Å²) in [4.78, 5) is 23.8. The smallest absolute Gasteiger partial charge is 0.266 e. The van der Waals surface area contributed by atoms with Gasteiger partial charge in [-0.15, -0.1) is 0 Å². The predicted octanol–water partition coefficient (Wildman–Crippen LogP) is 2.02. The van der Waals surface area contributed by atoms with Gasteiger partial charge in [-0.3, -0.25) is 9.79 Å². The number of likely N-dealkylation sites (N-methyl/N-ethyl adjacent to an activating group) is 1. The van der Waals surface area contributed by atoms with Crippen LogP contribution in [0.25, 0.3) is 5.57 Å². The first-order valence-electron chi connectivity index (χ1n) is 10.2. The summed E-state index contributed by atoms with van der Waals surface area (Å²) < 4.78 is 40.4. The van der Waals surface area contributed by atoms with E-state index < -0.39 is 17.8 Å². The molecular formula is C22H31F3N8O. The van der Waals surface area contributed by atoms with Crippen LogP contribution in [0, 0.1) is 0 Å². The van der Waals surface area contributed by atoms with E-state index in [0.717, 1.165) is 0 Å². The van der Waals surface area contributed by atoms with Gasteiger partial charge in [0, 0.05) is 39.3 Å². The molecule has 186 valence electrons. The van der Waals surface area contributed by atoms with E-state index in [1.165, 1.54) is 29.4 Å². The minimum absolute atomic E-state index is 0.0150. The molecule has 1 aliphatic heterocycles. The van der Waals surface area contributed by atoms with E-state index in [-0.39, 0.29) is 35.7 Å². The van der Waals surface area contributed by atoms with Crippen LogP contribution < -0.4 is 22.5 Å². The fourth-order valence-corrected chi connectivity index (χ4v) is 3.15. The predicted molar refractivity (Wildman–Crippen MR) is 129 cm³/mol. The number of aliphatic imine (C=N–C) groups is 1. The zero-order valence-electron chi connectivity index (χ0n) is 19.3. The van der Waals surface area contributed by atoms with E-state index in [1.54, 1.807) is 14.1 Å². The van der Waals surface area contributed by atoms with Gasteiger partial charge in [-0.2, -0.15) is 0 Å². The van der Waals surface area contributed by atoms with Gasteiger partial charge in [0.2, 0.25) is 0 Å². The lowest BCUT2D eigenvalue weighted by Crippen LogP contribution is -2.42. The Morgan fingerprint density at radius 3 is 2.62 bits per heavy atom. The van der Waals surface area contributed by atoms with Gasteiger partial charge in [-0.25, -0.2) is 23.1 Å². The average molecular weight is 481 g/mol. The summed E-state index contributed by atoms with van der Waals surface area (Å²) in [6.07, 6.45) is 6.00. The number of amidine groups is 1. The number of allylic oxidation sites excluding steroid dienone is 4. The lowest BCUT2D eigenvalue weighted by Gasteiger charge is -2.28. The summed E-state index contributed by atoms with van der Waals surface area (Å²) >= 11 is 0. The van der Waals surface area contributed by atoms with Crippen LogP contribution in [0.2, 0.25) is 0 Å². The van der Waals surface area contributed by atoms with Gasteiger partial charge < -0.3 is 27.4 Å². The molecule has 2 rings (SSSR count). The van der Waals surface area contributed by atoms with E-state index >= 15 is 0 Å². The summed E-state index contributed by atoms with van der Waals surface area (Å²) in [5.74, 6) is -3.03. The van der Waals surface area contributed by atoms with Crippen molar-refractivity contribution in [3.8, 4) is 0 Å². The maximum absolute atomic E-state index is 13.7. The van der Waals surface area contributed by atoms with Crippen molar-refractivity contribution >= 4 is 23.4 Å². The zero-order valence-corrected chi connectivity index (χ0v) is 19.3. The third-order valence-electron chi connectivity index (χ3n) is 4.72. The number of nitrogens with one attached hydrogen (secondary N) is 1. The Labute approximate surface area is 197 Å². The van der Waals surface area contributed by atoms with Crippen LogP contribution in [0.15, 0.2) is 54.2 Å². The molecule has 1 aromatic heterocycles. The fourth-order valence-electron chi connectivity index (χ4n) is 3.15. The molecule has 0 spiro atoms. The number of nitrogens with two attached hydrogens (primary N) is 3. The Kier molecular flexibility index (Phi) is 11.0. The van der Waals surface area contributed by atoms with Crippen LogP contribution in [0.4, 0.5) is 18.9 Å². The van der Waals surface area contributed by atoms with Gasteiger partial charge in [-0.05, 0) is 12.5 Å². The summed E-state index contributed by atoms with van der Waals surface area (Å²) in [5.41, 5.74) is 17.3. The van der Waals surface area contributed by atoms with Crippen LogP contribution in [-0.4, -0.2) is 66.1 Å². The topological polar surface area (TPSA) is 149 Å². The first-order valence-corrected chi connectivity index (χ1v) is 10.2. The van der Waals surface area contributed by atoms with Crippen molar-refractivity contribution in [3.63, 3.8) is 0 Å². The first-order chi connectivity index (χ1) is 16.0. The third kappa shape index (κ3) is 8.03. The molecule has 7 N–H and O–H groups in total. The van der Waals surface area contributed by atoms with Crippen LogP contribution in [0.5, 0.6) is 0 Å². The number of halogens is 3. The summed E-state index contributed by atoms with van der Waals surface area (Å²) in [6.45, 7) is 6.64. The van der Waals surface area contributed by atoms with Gasteiger partial charge in [-0.1, -0.05) is 19.2 Å². The second kappa shape index (κ2) is 13.1. The number of rotatable bonds is 6. The van der Waals surface area contributed by atoms with E-state index in [2.05, 4.69) is 33.4 Å². The van der Waals surface area contributed by atoms with E-state index in [0.29, 0.717) is 30.8 Å². The van der Waals surface area contributed by atoms with E-state index in [1.807, 2.05) is 0 Å². The number of aldehydes is 1. The molecule has 1 saturated heterocycles. The Morgan fingerprint density at radius 1 is 1.44 bits per heavy atom. The number of alkyl halides is 2. The number of carbonyl (C=O) groups excluding carboxylic acids is 1. The number of hydrogen-bond acceptors (Lipinski definition) is 8. The van der Waals surface area contributed by atoms with Crippen molar-refractivity contribution < 1.29 is 18.0 Å². The van der Waals surface area contributed by atoms with Crippen LogP contribution in [-0.2, 0) is 0 Å². The van der Waals surface area contributed by atoms with Crippen molar-refractivity contribution in [3.05, 3.63) is 60.7 Å². The Bertz CT molecular complexity index is 975. The van der Waals surface area contributed by atoms with Crippen molar-refractivity contribution in [1.29, 1.82) is 0 Å². The molecule has 0 saturated carbocycles. The van der Waals surface area contributed by atoms with Gasteiger partial charge in [0.1, 0.15) is 17.4 Å². The molecule has 0 aromatic carbocycles. The maximum atomic E-state index is 13.7. The van der Waals surface area contributed by atoms with E-state index in [9.17, 15) is 18.0 Å². The molecule has 1 fully saturated rings. The molecule has 12 heteroatoms. The fraction of sp³-hybridized carbons (Fsp3) is 0.364. The molecule has 0 amide bonds. The van der Waals surface area contributed by atoms with Crippen LogP contribution in [0.3, 0.4) is 0 Å². The molecule has 0 bridgehead atoms. The molecular weight excluding hydrogens is 449 g/mol. The standard InChI is InChI=1S/C11H21F2N5.C11H10FN3O/c1-16-9(6-14)10(17-2)18-4-3-8(15)5-11(12,13)7-18;1-3-4-8(7(2)12)11-14-5-9(13)10(6-16)15-11/h6,8,16H,3-5,7,14-15H2,1-2H3;3-6H,1-2,13H2/b9-6+,17-10?;8-4+. The highest BCUT2D eigenvalue weighted by Gasteiger charge is 2.38. The minimum atomic E-state index is -2.81. The Balaban J connectivity index is 0.000000342. The monoisotopic (exact) mass is 480 g/mol. The molecule has 2 heterocycles. The van der Waals surface area contributed by atoms with Crippen LogP contribution >= 0.6 is 0 Å². The third-order valence-corrected chi connectivity index (χ3v) is 4.72. The zero-order chi connectivity index (χ0) is 25.9. The molecule has 1 aliphatic rings. The van der Waals surface area contributed by atoms with Crippen molar-refractivity contribution in [2.75, 3.05) is 32.9 Å². The summed E-state index contributed by atoms with van der Waals surface area (Å²) in [7, 11) is 3.23. The summed E-state index contributed by atoms with van der Waals surface area (Å²) in [5, 5.41) is 2.85. The largest absolute Gasteiger partial charge is 0.403 e. The molecule has 34 heavy (non-hydrogen) atoms. The number of anilines is 1. The first kappa shape index (κ1) is 28.4. The number of nitrogen functional groups attached to an aromatic ring is 1. The number of aromatic nitrogens is 2. The van der Waals surface area contributed by atoms with Gasteiger partial charge in [0.05, 0.1) is 29.7 Å². The van der Waals surface area contributed by atoms with E-state index in [4.69, 9.17) is 17.2 Å². The molecule has 9 nitrogen and oxygen atoms in total. The van der Waals surface area contributed by atoms with Gasteiger partial charge in [0.25, 0.3) is 5.92 Å². The molecule has 0 radical (unpaired) electrons. The minimum Gasteiger partial charge on any atom is -0.403 e. The van der Waals surface area contributed by atoms with Gasteiger partial charge >= 0.3 is 0 Å². The Morgan fingerprint density at radius 2 is 2.12 bits per heavy atom. The number of nitrogens with zero attached hydrogens (tertiary/aromatic N) is 4. The van der Waals surface area contributed by atoms with Crippen molar-refractivity contribution in [1.82, 2.24) is 20.2 Å². The molecule has 1 atom stereocenters. The SMILES string of the molecule is C=C/C=C(\C(=C)F)c1ncc(N)c(C=O)n1.CN=C(/C(=C\N)NC)N1CCC(N)CC(F)(F)C1. The normalized spacial score (nSPS) is 18.8. The number of carbonyl (C=O) groups is 1. The highest BCUT2D eigenvalue weighted by molar-refractivity contribution is 5.97. The highest BCUT2D eigenvalue weighted by atomic mass is 19.3. The van der Waals surface area contributed by atoms with Crippen LogP contribution in [0.1, 0.15) is 29.2 Å². The van der Waals surface area contributed by atoms with Crippen molar-refractivity contribution in [2.45, 2.75) is 24.8 Å². The number of likely N-dealkylation sites (tertiary alicyclic amines) is 1. The van der Waals surface area contributed by atoms with Gasteiger partial charge in [0.15, 0.2) is 12.1 Å².